The Hall–Kier alpha value is -2.88. The summed E-state index contributed by atoms with van der Waals surface area (Å²) in [6.07, 6.45) is -11.7. The molecule has 0 aliphatic heterocycles. The quantitative estimate of drug-likeness (QED) is 0.409. The first-order valence-corrected chi connectivity index (χ1v) is 8.74. The molecule has 3 aromatic rings. The Morgan fingerprint density at radius 2 is 1.13 bits per heavy atom. The fourth-order valence-corrected chi connectivity index (χ4v) is 3.53. The van der Waals surface area contributed by atoms with Crippen LogP contribution in [0.25, 0.3) is 22.4 Å². The SMILES string of the molecule is COC(c1cc(-c2ccc(F)cc2)c(-c2ccc(F)cc2)n1C)(C(F)(F)F)C(F)(F)F. The Morgan fingerprint density at radius 1 is 0.710 bits per heavy atom. The summed E-state index contributed by atoms with van der Waals surface area (Å²) < 4.78 is 115. The van der Waals surface area contributed by atoms with Gasteiger partial charge in [0.15, 0.2) is 0 Å². The second-order valence-electron chi connectivity index (χ2n) is 6.75. The second kappa shape index (κ2) is 7.67. The van der Waals surface area contributed by atoms with Gasteiger partial charge in [-0.05, 0) is 53.6 Å². The zero-order valence-electron chi connectivity index (χ0n) is 16.1. The van der Waals surface area contributed by atoms with E-state index in [9.17, 15) is 35.1 Å². The van der Waals surface area contributed by atoms with Crippen LogP contribution in [0.5, 0.6) is 0 Å². The molecule has 10 heteroatoms. The molecule has 0 spiro atoms. The van der Waals surface area contributed by atoms with Crippen LogP contribution in [0.15, 0.2) is 54.6 Å². The van der Waals surface area contributed by atoms with Gasteiger partial charge in [0.25, 0.3) is 5.60 Å². The van der Waals surface area contributed by atoms with Gasteiger partial charge in [0.2, 0.25) is 0 Å². The Balaban J connectivity index is 2.41. The summed E-state index contributed by atoms with van der Waals surface area (Å²) >= 11 is 0. The van der Waals surface area contributed by atoms with Gasteiger partial charge in [-0.15, -0.1) is 0 Å². The van der Waals surface area contributed by atoms with Crippen molar-refractivity contribution in [2.45, 2.75) is 18.0 Å². The smallest absolute Gasteiger partial charge is 0.356 e. The maximum atomic E-state index is 13.8. The minimum absolute atomic E-state index is 0.0426. The summed E-state index contributed by atoms with van der Waals surface area (Å²) in [7, 11) is 1.34. The van der Waals surface area contributed by atoms with Crippen molar-refractivity contribution in [1.82, 2.24) is 4.57 Å². The van der Waals surface area contributed by atoms with Crippen LogP contribution in [0.3, 0.4) is 0 Å². The molecule has 1 aromatic heterocycles. The van der Waals surface area contributed by atoms with Crippen LogP contribution in [0.1, 0.15) is 5.69 Å². The lowest BCUT2D eigenvalue weighted by molar-refractivity contribution is -0.385. The van der Waals surface area contributed by atoms with Crippen molar-refractivity contribution in [2.75, 3.05) is 7.11 Å². The fourth-order valence-electron chi connectivity index (χ4n) is 3.53. The third kappa shape index (κ3) is 3.69. The molecule has 2 aromatic carbocycles. The molecular formula is C21H15F8NO. The molecule has 166 valence electrons. The number of alkyl halides is 6. The molecule has 31 heavy (non-hydrogen) atoms. The molecule has 0 atom stereocenters. The summed E-state index contributed by atoms with van der Waals surface area (Å²) in [5, 5.41) is 0. The molecule has 0 saturated heterocycles. The van der Waals surface area contributed by atoms with Crippen LogP contribution >= 0.6 is 0 Å². The minimum Gasteiger partial charge on any atom is -0.356 e. The molecule has 0 aliphatic carbocycles. The van der Waals surface area contributed by atoms with Crippen LogP contribution in [0, 0.1) is 11.6 Å². The molecule has 0 unspecified atom stereocenters. The van der Waals surface area contributed by atoms with E-state index in [4.69, 9.17) is 0 Å². The van der Waals surface area contributed by atoms with E-state index in [2.05, 4.69) is 4.74 Å². The monoisotopic (exact) mass is 449 g/mol. The van der Waals surface area contributed by atoms with Gasteiger partial charge in [0.1, 0.15) is 11.6 Å². The number of nitrogens with zero attached hydrogens (tertiary/aromatic N) is 1. The summed E-state index contributed by atoms with van der Waals surface area (Å²) in [5.74, 6) is -1.28. The lowest BCUT2D eigenvalue weighted by Crippen LogP contribution is -2.56. The van der Waals surface area contributed by atoms with Crippen molar-refractivity contribution in [1.29, 1.82) is 0 Å². The van der Waals surface area contributed by atoms with Crippen LogP contribution in [-0.4, -0.2) is 24.0 Å². The zero-order chi connectivity index (χ0) is 23.2. The summed E-state index contributed by atoms with van der Waals surface area (Å²) in [6, 6.07) is 9.67. The average Bonchev–Trinajstić information content (AvgIpc) is 2.99. The molecule has 0 saturated carbocycles. The Labute approximate surface area is 171 Å². The third-order valence-corrected chi connectivity index (χ3v) is 4.97. The number of rotatable bonds is 4. The number of hydrogen-bond acceptors (Lipinski definition) is 1. The van der Waals surface area contributed by atoms with Crippen LogP contribution in [0.4, 0.5) is 35.1 Å². The van der Waals surface area contributed by atoms with Gasteiger partial charge >= 0.3 is 12.4 Å². The first-order chi connectivity index (χ1) is 14.3. The molecule has 2 nitrogen and oxygen atoms in total. The van der Waals surface area contributed by atoms with Gasteiger partial charge in [0, 0.05) is 19.7 Å². The first kappa shape index (κ1) is 22.8. The highest BCUT2D eigenvalue weighted by Crippen LogP contribution is 2.54. The largest absolute Gasteiger partial charge is 0.432 e. The van der Waals surface area contributed by atoms with Crippen molar-refractivity contribution in [3.05, 3.63) is 71.9 Å². The highest BCUT2D eigenvalue weighted by atomic mass is 19.4. The van der Waals surface area contributed by atoms with E-state index in [-0.39, 0.29) is 22.4 Å². The zero-order valence-corrected chi connectivity index (χ0v) is 16.1. The van der Waals surface area contributed by atoms with Crippen molar-refractivity contribution in [3.8, 4) is 22.4 Å². The topological polar surface area (TPSA) is 14.2 Å². The number of hydrogen-bond donors (Lipinski definition) is 0. The summed E-state index contributed by atoms with van der Waals surface area (Å²) in [6.45, 7) is 0. The maximum Gasteiger partial charge on any atom is 0.432 e. The van der Waals surface area contributed by atoms with Crippen LogP contribution in [-0.2, 0) is 17.4 Å². The molecule has 0 aliphatic rings. The van der Waals surface area contributed by atoms with Crippen molar-refractivity contribution < 1.29 is 39.9 Å². The maximum absolute atomic E-state index is 13.8. The highest BCUT2D eigenvalue weighted by molar-refractivity contribution is 5.83. The van der Waals surface area contributed by atoms with Gasteiger partial charge in [-0.2, -0.15) is 26.3 Å². The van der Waals surface area contributed by atoms with Gasteiger partial charge in [0.05, 0.1) is 11.4 Å². The van der Waals surface area contributed by atoms with E-state index < -0.39 is 35.3 Å². The average molecular weight is 449 g/mol. The predicted molar refractivity (Wildman–Crippen MR) is 97.0 cm³/mol. The molecular weight excluding hydrogens is 434 g/mol. The van der Waals surface area contributed by atoms with E-state index in [1.807, 2.05) is 0 Å². The molecule has 1 heterocycles. The molecule has 0 N–H and O–H groups in total. The molecule has 0 amide bonds. The minimum atomic E-state index is -5.85. The number of ether oxygens (including phenoxy) is 1. The lowest BCUT2D eigenvalue weighted by atomic mass is 9.96. The standard InChI is InChI=1S/C21H15F8NO/c1-30-17(19(31-2,20(24,25)26)21(27,28)29)11-16(12-3-7-14(22)8-4-12)18(30)13-5-9-15(23)10-6-13/h3-11H,1-2H3. The Kier molecular flexibility index (Phi) is 5.64. The van der Waals surface area contributed by atoms with Gasteiger partial charge in [-0.3, -0.25) is 0 Å². The van der Waals surface area contributed by atoms with Gasteiger partial charge < -0.3 is 9.30 Å². The fraction of sp³-hybridized carbons (Fsp3) is 0.238. The van der Waals surface area contributed by atoms with Crippen molar-refractivity contribution >= 4 is 0 Å². The van der Waals surface area contributed by atoms with E-state index in [0.717, 1.165) is 31.3 Å². The number of benzene rings is 2. The van der Waals surface area contributed by atoms with E-state index in [1.54, 1.807) is 0 Å². The number of halogens is 8. The third-order valence-electron chi connectivity index (χ3n) is 4.97. The number of methoxy groups -OCH3 is 1. The molecule has 0 bridgehead atoms. The normalized spacial score (nSPS) is 13.0. The second-order valence-corrected chi connectivity index (χ2v) is 6.75. The Bertz CT molecular complexity index is 1050. The van der Waals surface area contributed by atoms with Gasteiger partial charge in [-0.1, -0.05) is 12.1 Å². The Morgan fingerprint density at radius 3 is 1.52 bits per heavy atom. The molecule has 0 fully saturated rings. The van der Waals surface area contributed by atoms with Crippen LogP contribution < -0.4 is 0 Å². The van der Waals surface area contributed by atoms with Crippen molar-refractivity contribution in [3.63, 3.8) is 0 Å². The predicted octanol–water partition coefficient (Wildman–Crippen LogP) is 6.60. The van der Waals surface area contributed by atoms with E-state index >= 15 is 0 Å². The van der Waals surface area contributed by atoms with Crippen LogP contribution in [0.2, 0.25) is 0 Å². The summed E-state index contributed by atoms with van der Waals surface area (Å²) in [4.78, 5) is 0. The molecule has 3 rings (SSSR count). The van der Waals surface area contributed by atoms with E-state index in [0.29, 0.717) is 17.7 Å². The van der Waals surface area contributed by atoms with E-state index in [1.165, 1.54) is 24.3 Å². The summed E-state index contributed by atoms with van der Waals surface area (Å²) in [5.41, 5.74) is -5.63. The number of aromatic nitrogens is 1. The highest BCUT2D eigenvalue weighted by Gasteiger charge is 2.74. The van der Waals surface area contributed by atoms with Crippen molar-refractivity contribution in [2.24, 2.45) is 7.05 Å². The van der Waals surface area contributed by atoms with Gasteiger partial charge in [-0.25, -0.2) is 8.78 Å². The lowest BCUT2D eigenvalue weighted by Gasteiger charge is -2.36. The molecule has 0 radical (unpaired) electrons. The first-order valence-electron chi connectivity index (χ1n) is 8.74.